The number of rotatable bonds is 6. The van der Waals surface area contributed by atoms with Crippen molar-refractivity contribution >= 4 is 5.91 Å². The second kappa shape index (κ2) is 9.08. The molecule has 5 nitrogen and oxygen atoms in total. The summed E-state index contributed by atoms with van der Waals surface area (Å²) in [4.78, 5) is 13.8. The van der Waals surface area contributed by atoms with Gasteiger partial charge in [0.15, 0.2) is 0 Å². The summed E-state index contributed by atoms with van der Waals surface area (Å²) in [5.41, 5.74) is 1.75. The van der Waals surface area contributed by atoms with Crippen molar-refractivity contribution in [1.82, 2.24) is 15.1 Å². The largest absolute Gasteiger partial charge is 0.341 e. The molecule has 0 fully saturated rings. The minimum absolute atomic E-state index is 0.0117. The van der Waals surface area contributed by atoms with Crippen molar-refractivity contribution in [2.45, 2.75) is 51.4 Å². The van der Waals surface area contributed by atoms with Gasteiger partial charge in [0.2, 0.25) is 5.91 Å². The van der Waals surface area contributed by atoms with E-state index in [9.17, 15) is 13.6 Å². The van der Waals surface area contributed by atoms with Gasteiger partial charge in [0.05, 0.1) is 23.0 Å². The summed E-state index contributed by atoms with van der Waals surface area (Å²) in [5, 5.41) is 17.3. The number of carbonyl (C=O) groups is 1. The van der Waals surface area contributed by atoms with Crippen LogP contribution in [0, 0.1) is 23.0 Å². The number of nitrogens with zero attached hydrogens (tertiary/aromatic N) is 4. The lowest BCUT2D eigenvalue weighted by Crippen LogP contribution is -2.36. The Kier molecular flexibility index (Phi) is 6.53. The maximum absolute atomic E-state index is 14.2. The molecular formula is C22H24F2N4O. The molecule has 1 aromatic heterocycles. The second-order valence-electron chi connectivity index (χ2n) is 7.31. The fourth-order valence-corrected chi connectivity index (χ4v) is 4.07. The predicted octanol–water partition coefficient (Wildman–Crippen LogP) is 4.55. The zero-order valence-electron chi connectivity index (χ0n) is 16.7. The van der Waals surface area contributed by atoms with Gasteiger partial charge in [-0.25, -0.2) is 8.78 Å². The van der Waals surface area contributed by atoms with Crippen LogP contribution in [-0.2, 0) is 4.79 Å². The summed E-state index contributed by atoms with van der Waals surface area (Å²) in [6, 6.07) is 7.39. The lowest BCUT2D eigenvalue weighted by molar-refractivity contribution is -0.130. The van der Waals surface area contributed by atoms with E-state index >= 15 is 0 Å². The topological polar surface area (TPSA) is 69.9 Å². The molecule has 0 radical (unpaired) electrons. The smallest absolute Gasteiger partial charge is 0.236 e. The molecule has 3 rings (SSSR count). The maximum Gasteiger partial charge on any atom is 0.236 e. The van der Waals surface area contributed by atoms with Gasteiger partial charge in [-0.2, -0.15) is 15.5 Å². The number of fused-ring (bicyclic) bond motifs is 1. The van der Waals surface area contributed by atoms with E-state index in [-0.39, 0.29) is 35.4 Å². The highest BCUT2D eigenvalue weighted by atomic mass is 19.1. The lowest BCUT2D eigenvalue weighted by atomic mass is 9.78. The Bertz CT molecular complexity index is 921. The number of amides is 1. The average molecular weight is 398 g/mol. The van der Waals surface area contributed by atoms with Crippen molar-refractivity contribution in [2.75, 3.05) is 13.1 Å². The molecule has 2 atom stereocenters. The molecule has 1 aliphatic carbocycles. The van der Waals surface area contributed by atoms with E-state index in [0.717, 1.165) is 30.5 Å². The van der Waals surface area contributed by atoms with E-state index in [2.05, 4.69) is 17.1 Å². The number of nitriles is 1. The lowest BCUT2D eigenvalue weighted by Gasteiger charge is -2.33. The fourth-order valence-electron chi connectivity index (χ4n) is 4.07. The minimum Gasteiger partial charge on any atom is -0.341 e. The molecule has 7 heteroatoms. The number of carbonyl (C=O) groups excluding carboxylic acids is 1. The molecule has 0 N–H and O–H groups in total. The summed E-state index contributed by atoms with van der Waals surface area (Å²) in [7, 11) is 0. The van der Waals surface area contributed by atoms with E-state index in [1.165, 1.54) is 18.2 Å². The number of hydrogen-bond donors (Lipinski definition) is 0. The van der Waals surface area contributed by atoms with Crippen LogP contribution < -0.4 is 0 Å². The Balaban J connectivity index is 1.98. The molecule has 1 heterocycles. The molecule has 1 aliphatic rings. The van der Waals surface area contributed by atoms with Gasteiger partial charge in [-0.1, -0.05) is 13.0 Å². The zero-order chi connectivity index (χ0) is 21.0. The van der Waals surface area contributed by atoms with E-state index < -0.39 is 11.6 Å². The SMILES string of the molecule is CC[C@H]1CCC(CN(CC)C(=O)CC#N)c2nnc(-c3c(F)cccc3F)cc21. The zero-order valence-corrected chi connectivity index (χ0v) is 16.7. The van der Waals surface area contributed by atoms with Crippen LogP contribution in [0.25, 0.3) is 11.3 Å². The first-order chi connectivity index (χ1) is 14.0. The Morgan fingerprint density at radius 1 is 1.21 bits per heavy atom. The molecule has 2 aromatic rings. The average Bonchev–Trinajstić information content (AvgIpc) is 2.71. The summed E-state index contributed by atoms with van der Waals surface area (Å²) >= 11 is 0. The van der Waals surface area contributed by atoms with Crippen LogP contribution in [0.3, 0.4) is 0 Å². The van der Waals surface area contributed by atoms with Gasteiger partial charge in [0, 0.05) is 19.0 Å². The van der Waals surface area contributed by atoms with E-state index in [0.29, 0.717) is 13.1 Å². The summed E-state index contributed by atoms with van der Waals surface area (Å²) in [6.07, 6.45) is 2.49. The van der Waals surface area contributed by atoms with Crippen molar-refractivity contribution < 1.29 is 13.6 Å². The molecule has 1 amide bonds. The molecule has 0 saturated carbocycles. The van der Waals surface area contributed by atoms with Crippen LogP contribution in [0.15, 0.2) is 24.3 Å². The minimum atomic E-state index is -0.668. The van der Waals surface area contributed by atoms with Gasteiger partial charge in [0.1, 0.15) is 18.1 Å². The summed E-state index contributed by atoms with van der Waals surface area (Å²) < 4.78 is 28.4. The van der Waals surface area contributed by atoms with Crippen molar-refractivity contribution in [2.24, 2.45) is 0 Å². The van der Waals surface area contributed by atoms with Gasteiger partial charge < -0.3 is 4.90 Å². The van der Waals surface area contributed by atoms with Gasteiger partial charge in [0.25, 0.3) is 0 Å². The van der Waals surface area contributed by atoms with E-state index in [1.807, 2.05) is 13.0 Å². The van der Waals surface area contributed by atoms with Gasteiger partial charge in [-0.05, 0) is 55.9 Å². The highest BCUT2D eigenvalue weighted by Gasteiger charge is 2.31. The van der Waals surface area contributed by atoms with Crippen LogP contribution >= 0.6 is 0 Å². The standard InChI is InChI=1S/C22H24F2N4O/c1-3-14-8-9-15(13-28(4-2)20(29)10-11-25)22-16(14)12-19(26-27-22)21-17(23)6-5-7-18(21)24/h5-7,12,14-15H,3-4,8-10,13H2,1-2H3/t14-,15?/m0/s1. The number of likely N-dealkylation sites (N-methyl/N-ethyl adjacent to an activating group) is 1. The summed E-state index contributed by atoms with van der Waals surface area (Å²) in [5.74, 6) is -1.32. The second-order valence-corrected chi connectivity index (χ2v) is 7.31. The first-order valence-electron chi connectivity index (χ1n) is 9.96. The Morgan fingerprint density at radius 2 is 1.90 bits per heavy atom. The van der Waals surface area contributed by atoms with Crippen molar-refractivity contribution in [1.29, 1.82) is 5.26 Å². The van der Waals surface area contributed by atoms with Crippen molar-refractivity contribution in [3.63, 3.8) is 0 Å². The molecule has 0 spiro atoms. The summed E-state index contributed by atoms with van der Waals surface area (Å²) in [6.45, 7) is 4.93. The van der Waals surface area contributed by atoms with Crippen molar-refractivity contribution in [3.8, 4) is 17.3 Å². The van der Waals surface area contributed by atoms with Crippen LogP contribution in [-0.4, -0.2) is 34.1 Å². The first-order valence-corrected chi connectivity index (χ1v) is 9.96. The molecule has 0 saturated heterocycles. The first kappa shape index (κ1) is 20.8. The Morgan fingerprint density at radius 3 is 2.52 bits per heavy atom. The van der Waals surface area contributed by atoms with Gasteiger partial charge >= 0.3 is 0 Å². The highest BCUT2D eigenvalue weighted by molar-refractivity contribution is 5.78. The fraction of sp³-hybridized carbons (Fsp3) is 0.455. The third kappa shape index (κ3) is 4.26. The highest BCUT2D eigenvalue weighted by Crippen LogP contribution is 2.41. The third-order valence-electron chi connectivity index (χ3n) is 5.66. The van der Waals surface area contributed by atoms with E-state index in [1.54, 1.807) is 11.0 Å². The Hall–Kier alpha value is -2.88. The third-order valence-corrected chi connectivity index (χ3v) is 5.66. The quantitative estimate of drug-likeness (QED) is 0.715. The van der Waals surface area contributed by atoms with E-state index in [4.69, 9.17) is 5.26 Å². The number of hydrogen-bond acceptors (Lipinski definition) is 4. The van der Waals surface area contributed by atoms with Crippen LogP contribution in [0.2, 0.25) is 0 Å². The monoisotopic (exact) mass is 398 g/mol. The normalized spacial score (nSPS) is 18.0. The Labute approximate surface area is 169 Å². The number of aromatic nitrogens is 2. The van der Waals surface area contributed by atoms with Crippen LogP contribution in [0.1, 0.15) is 62.6 Å². The van der Waals surface area contributed by atoms with Crippen LogP contribution in [0.5, 0.6) is 0 Å². The number of benzene rings is 1. The molecular weight excluding hydrogens is 374 g/mol. The maximum atomic E-state index is 14.2. The molecule has 0 aliphatic heterocycles. The number of halogens is 2. The molecule has 29 heavy (non-hydrogen) atoms. The van der Waals surface area contributed by atoms with Crippen molar-refractivity contribution in [3.05, 3.63) is 47.2 Å². The molecule has 1 aromatic carbocycles. The predicted molar refractivity (Wildman–Crippen MR) is 105 cm³/mol. The van der Waals surface area contributed by atoms with Crippen LogP contribution in [0.4, 0.5) is 8.78 Å². The molecule has 0 bridgehead atoms. The van der Waals surface area contributed by atoms with Gasteiger partial charge in [-0.3, -0.25) is 4.79 Å². The molecule has 1 unspecified atom stereocenters. The van der Waals surface area contributed by atoms with Gasteiger partial charge in [-0.15, -0.1) is 0 Å². The molecule has 152 valence electrons.